The van der Waals surface area contributed by atoms with Crippen molar-refractivity contribution < 1.29 is 9.53 Å². The summed E-state index contributed by atoms with van der Waals surface area (Å²) in [6, 6.07) is 7.62. The van der Waals surface area contributed by atoms with E-state index in [1.165, 1.54) is 0 Å². The van der Waals surface area contributed by atoms with Crippen LogP contribution in [0, 0.1) is 0 Å². The summed E-state index contributed by atoms with van der Waals surface area (Å²) in [5.74, 6) is 0.530. The minimum Gasteiger partial charge on any atom is -0.477 e. The Bertz CT molecular complexity index is 521. The van der Waals surface area contributed by atoms with Gasteiger partial charge in [-0.1, -0.05) is 25.5 Å². The highest BCUT2D eigenvalue weighted by Crippen LogP contribution is 2.33. The molecule has 2 N–H and O–H groups in total. The summed E-state index contributed by atoms with van der Waals surface area (Å²) in [5.41, 5.74) is 0.895. The fraction of sp³-hybridized carbons (Fsp3) is 0.467. The van der Waals surface area contributed by atoms with E-state index in [2.05, 4.69) is 17.6 Å². The van der Waals surface area contributed by atoms with E-state index in [0.29, 0.717) is 17.4 Å². The summed E-state index contributed by atoms with van der Waals surface area (Å²) in [5, 5.41) is 6.50. The van der Waals surface area contributed by atoms with Crippen LogP contribution < -0.4 is 20.3 Å². The highest BCUT2D eigenvalue weighted by Gasteiger charge is 2.31. The summed E-state index contributed by atoms with van der Waals surface area (Å²) < 4.78 is 5.75. The first kappa shape index (κ1) is 15.6. The average Bonchev–Trinajstić information content (AvgIpc) is 2.53. The molecule has 2 rings (SSSR count). The fourth-order valence-corrected chi connectivity index (χ4v) is 2.47. The molecule has 0 bridgehead atoms. The highest BCUT2D eigenvalue weighted by molar-refractivity contribution is 7.80. The zero-order chi connectivity index (χ0) is 15.2. The monoisotopic (exact) mass is 307 g/mol. The smallest absolute Gasteiger partial charge is 0.262 e. The Morgan fingerprint density at radius 2 is 2.24 bits per heavy atom. The molecular weight excluding hydrogens is 286 g/mol. The van der Waals surface area contributed by atoms with Gasteiger partial charge in [-0.15, -0.1) is 0 Å². The van der Waals surface area contributed by atoms with Crippen LogP contribution in [0.15, 0.2) is 24.3 Å². The number of amides is 1. The minimum absolute atomic E-state index is 0.147. The summed E-state index contributed by atoms with van der Waals surface area (Å²) in [6.07, 6.45) is 1.61. The van der Waals surface area contributed by atoms with Crippen molar-refractivity contribution >= 4 is 28.9 Å². The lowest BCUT2D eigenvalue weighted by molar-refractivity contribution is -0.127. The van der Waals surface area contributed by atoms with Gasteiger partial charge in [0.15, 0.2) is 11.2 Å². The van der Waals surface area contributed by atoms with Crippen LogP contribution in [-0.2, 0) is 4.79 Å². The lowest BCUT2D eigenvalue weighted by Crippen LogP contribution is -2.52. The molecule has 0 aromatic heterocycles. The zero-order valence-electron chi connectivity index (χ0n) is 12.4. The van der Waals surface area contributed by atoms with Crippen molar-refractivity contribution in [2.45, 2.75) is 25.9 Å². The maximum absolute atomic E-state index is 11.9. The number of ether oxygens (including phenoxy) is 1. The number of thiocarbonyl (C=S) groups is 1. The molecule has 0 unspecified atom stereocenters. The van der Waals surface area contributed by atoms with Crippen molar-refractivity contribution in [2.24, 2.45) is 0 Å². The number of rotatable bonds is 4. The van der Waals surface area contributed by atoms with Crippen LogP contribution in [0.5, 0.6) is 5.75 Å². The number of carbonyl (C=O) groups excluding carboxylic acids is 1. The molecule has 1 heterocycles. The molecule has 1 aliphatic heterocycles. The quantitative estimate of drug-likeness (QED) is 0.655. The molecule has 1 aliphatic rings. The molecular formula is C15H21N3O2S. The van der Waals surface area contributed by atoms with Crippen LogP contribution in [-0.4, -0.2) is 37.3 Å². The molecule has 0 spiro atoms. The molecule has 6 heteroatoms. The normalized spacial score (nSPS) is 16.7. The number of nitrogens with zero attached hydrogens (tertiary/aromatic N) is 1. The third-order valence-electron chi connectivity index (χ3n) is 3.36. The molecule has 0 radical (unpaired) electrons. The molecule has 0 saturated carbocycles. The molecule has 1 aromatic carbocycles. The minimum atomic E-state index is -0.559. The molecule has 0 fully saturated rings. The second-order valence-corrected chi connectivity index (χ2v) is 5.27. The van der Waals surface area contributed by atoms with E-state index < -0.39 is 6.10 Å². The number of anilines is 1. The van der Waals surface area contributed by atoms with Gasteiger partial charge in [0.2, 0.25) is 0 Å². The predicted molar refractivity (Wildman–Crippen MR) is 87.8 cm³/mol. The van der Waals surface area contributed by atoms with E-state index in [1.807, 2.05) is 29.2 Å². The molecule has 1 aromatic rings. The molecule has 114 valence electrons. The van der Waals surface area contributed by atoms with Crippen molar-refractivity contribution in [2.75, 3.05) is 25.0 Å². The van der Waals surface area contributed by atoms with Gasteiger partial charge in [0.05, 0.1) is 12.2 Å². The van der Waals surface area contributed by atoms with Gasteiger partial charge in [0.1, 0.15) is 5.75 Å². The lowest BCUT2D eigenvalue weighted by atomic mass is 10.2. The number of para-hydroxylation sites is 2. The topological polar surface area (TPSA) is 53.6 Å². The number of hydrogen-bond acceptors (Lipinski definition) is 3. The second-order valence-electron chi connectivity index (χ2n) is 4.88. The third kappa shape index (κ3) is 3.64. The number of hydrogen-bond donors (Lipinski definition) is 2. The first-order valence-corrected chi connectivity index (χ1v) is 7.60. The van der Waals surface area contributed by atoms with Gasteiger partial charge in [0.25, 0.3) is 5.91 Å². The third-order valence-corrected chi connectivity index (χ3v) is 3.73. The van der Waals surface area contributed by atoms with Crippen LogP contribution >= 0.6 is 12.2 Å². The number of likely N-dealkylation sites (N-methyl/N-ethyl adjacent to an activating group) is 1. The van der Waals surface area contributed by atoms with Crippen LogP contribution in [0.2, 0.25) is 0 Å². The van der Waals surface area contributed by atoms with Crippen molar-refractivity contribution in [3.05, 3.63) is 24.3 Å². The Morgan fingerprint density at radius 1 is 1.48 bits per heavy atom. The van der Waals surface area contributed by atoms with Crippen molar-refractivity contribution in [3.63, 3.8) is 0 Å². The first-order chi connectivity index (χ1) is 10.2. The highest BCUT2D eigenvalue weighted by atomic mass is 32.1. The first-order valence-electron chi connectivity index (χ1n) is 7.20. The summed E-state index contributed by atoms with van der Waals surface area (Å²) in [7, 11) is 1.61. The average molecular weight is 307 g/mol. The summed E-state index contributed by atoms with van der Waals surface area (Å²) >= 11 is 5.47. The Hall–Kier alpha value is -1.82. The SMILES string of the molecule is CCCCNC(=S)N1C[C@@H](C(=O)NC)Oc2ccccc21. The number of benzene rings is 1. The van der Waals surface area contributed by atoms with Crippen LogP contribution in [0.1, 0.15) is 19.8 Å². The second kappa shape index (κ2) is 7.26. The fourth-order valence-electron chi connectivity index (χ4n) is 2.19. The molecule has 0 aliphatic carbocycles. The Labute approximate surface area is 130 Å². The lowest BCUT2D eigenvalue weighted by Gasteiger charge is -2.35. The number of nitrogens with one attached hydrogen (secondary N) is 2. The molecule has 0 saturated heterocycles. The van der Waals surface area contributed by atoms with Crippen LogP contribution in [0.4, 0.5) is 5.69 Å². The van der Waals surface area contributed by atoms with Gasteiger partial charge < -0.3 is 20.3 Å². The molecule has 1 amide bonds. The van der Waals surface area contributed by atoms with Crippen LogP contribution in [0.3, 0.4) is 0 Å². The number of carbonyl (C=O) groups is 1. The number of unbranched alkanes of at least 4 members (excludes halogenated alkanes) is 1. The standard InChI is InChI=1S/C15H21N3O2S/c1-3-4-9-17-15(21)18-10-13(14(19)16-2)20-12-8-6-5-7-11(12)18/h5-8,13H,3-4,9-10H2,1-2H3,(H,16,19)(H,17,21)/t13-/m0/s1. The predicted octanol–water partition coefficient (Wildman–Crippen LogP) is 1.67. The van der Waals surface area contributed by atoms with Gasteiger partial charge in [-0.25, -0.2) is 0 Å². The van der Waals surface area contributed by atoms with Gasteiger partial charge in [-0.2, -0.15) is 0 Å². The maximum atomic E-state index is 11.9. The van der Waals surface area contributed by atoms with Crippen LogP contribution in [0.25, 0.3) is 0 Å². The van der Waals surface area contributed by atoms with Gasteiger partial charge in [-0.05, 0) is 30.8 Å². The zero-order valence-corrected chi connectivity index (χ0v) is 13.2. The maximum Gasteiger partial charge on any atom is 0.262 e. The van der Waals surface area contributed by atoms with E-state index in [0.717, 1.165) is 25.1 Å². The van der Waals surface area contributed by atoms with E-state index in [4.69, 9.17) is 17.0 Å². The molecule has 1 atom stereocenters. The van der Waals surface area contributed by atoms with Gasteiger partial charge >= 0.3 is 0 Å². The number of fused-ring (bicyclic) bond motifs is 1. The van der Waals surface area contributed by atoms with Crippen molar-refractivity contribution in [1.82, 2.24) is 10.6 Å². The van der Waals surface area contributed by atoms with E-state index in [9.17, 15) is 4.79 Å². The van der Waals surface area contributed by atoms with E-state index in [1.54, 1.807) is 7.05 Å². The summed E-state index contributed by atoms with van der Waals surface area (Å²) in [6.45, 7) is 3.38. The Morgan fingerprint density at radius 3 is 2.95 bits per heavy atom. The molecule has 5 nitrogen and oxygen atoms in total. The van der Waals surface area contributed by atoms with Gasteiger partial charge in [-0.3, -0.25) is 4.79 Å². The summed E-state index contributed by atoms with van der Waals surface area (Å²) in [4.78, 5) is 13.8. The van der Waals surface area contributed by atoms with E-state index in [-0.39, 0.29) is 5.91 Å². The molecule has 21 heavy (non-hydrogen) atoms. The van der Waals surface area contributed by atoms with E-state index >= 15 is 0 Å². The van der Waals surface area contributed by atoms with Crippen molar-refractivity contribution in [1.29, 1.82) is 0 Å². The Kier molecular flexibility index (Phi) is 5.38. The van der Waals surface area contributed by atoms with Gasteiger partial charge in [0, 0.05) is 13.6 Å². The van der Waals surface area contributed by atoms with Crippen molar-refractivity contribution in [3.8, 4) is 5.75 Å². The largest absolute Gasteiger partial charge is 0.477 e. The Balaban J connectivity index is 2.18.